The second-order valence-corrected chi connectivity index (χ2v) is 7.60. The van der Waals surface area contributed by atoms with Gasteiger partial charge in [0.05, 0.1) is 0 Å². The lowest BCUT2D eigenvalue weighted by Gasteiger charge is -2.47. The molecule has 0 bridgehead atoms. The third-order valence-electron chi connectivity index (χ3n) is 6.30. The van der Waals surface area contributed by atoms with Gasteiger partial charge in [-0.1, -0.05) is 31.0 Å². The first-order valence-electron chi connectivity index (χ1n) is 9.41. The Morgan fingerprint density at radius 3 is 2.32 bits per heavy atom. The molecule has 0 saturated heterocycles. The molecule has 1 saturated carbocycles. The van der Waals surface area contributed by atoms with E-state index in [1.165, 1.54) is 42.4 Å². The van der Waals surface area contributed by atoms with Gasteiger partial charge in [0, 0.05) is 6.61 Å². The van der Waals surface area contributed by atoms with Crippen molar-refractivity contribution in [1.29, 1.82) is 0 Å². The summed E-state index contributed by atoms with van der Waals surface area (Å²) in [6.07, 6.45) is 5.57. The molecule has 2 aromatic rings. The Morgan fingerprint density at radius 1 is 0.840 bits per heavy atom. The van der Waals surface area contributed by atoms with Gasteiger partial charge in [-0.3, -0.25) is 0 Å². The van der Waals surface area contributed by atoms with Crippen molar-refractivity contribution < 1.29 is 15.3 Å². The summed E-state index contributed by atoms with van der Waals surface area (Å²) in [5.41, 5.74) is 3.83. The molecule has 4 atom stereocenters. The first kappa shape index (κ1) is 16.5. The van der Waals surface area contributed by atoms with E-state index in [2.05, 4.69) is 6.07 Å². The molecule has 0 aliphatic heterocycles. The zero-order chi connectivity index (χ0) is 17.4. The van der Waals surface area contributed by atoms with Crippen LogP contribution < -0.4 is 0 Å². The number of phenolic OH excluding ortho intramolecular Hbond substituents is 2. The van der Waals surface area contributed by atoms with Crippen molar-refractivity contribution in [3.8, 4) is 11.5 Å². The van der Waals surface area contributed by atoms with E-state index >= 15 is 0 Å². The van der Waals surface area contributed by atoms with Crippen LogP contribution in [0, 0.1) is 5.92 Å². The van der Waals surface area contributed by atoms with Crippen molar-refractivity contribution in [2.75, 3.05) is 6.61 Å². The molecule has 2 aliphatic carbocycles. The fourth-order valence-corrected chi connectivity index (χ4v) is 5.34. The number of aliphatic hydroxyl groups excluding tert-OH is 1. The fourth-order valence-electron chi connectivity index (χ4n) is 5.34. The normalized spacial score (nSPS) is 28.2. The molecule has 1 fully saturated rings. The van der Waals surface area contributed by atoms with Gasteiger partial charge in [-0.05, 0) is 83.9 Å². The van der Waals surface area contributed by atoms with E-state index in [1.54, 1.807) is 18.2 Å². The van der Waals surface area contributed by atoms with Crippen LogP contribution in [-0.4, -0.2) is 21.9 Å². The van der Waals surface area contributed by atoms with Crippen LogP contribution in [0.5, 0.6) is 11.5 Å². The lowest BCUT2D eigenvalue weighted by Crippen LogP contribution is -2.34. The lowest BCUT2D eigenvalue weighted by atomic mass is 9.57. The van der Waals surface area contributed by atoms with Gasteiger partial charge in [0.15, 0.2) is 0 Å². The third kappa shape index (κ3) is 2.91. The van der Waals surface area contributed by atoms with Gasteiger partial charge in [-0.25, -0.2) is 0 Å². The summed E-state index contributed by atoms with van der Waals surface area (Å²) in [6.45, 7) is 0.164. The van der Waals surface area contributed by atoms with E-state index in [4.69, 9.17) is 0 Å². The van der Waals surface area contributed by atoms with Crippen LogP contribution in [0.4, 0.5) is 0 Å². The van der Waals surface area contributed by atoms with E-state index in [0.29, 0.717) is 29.3 Å². The van der Waals surface area contributed by atoms with Crippen LogP contribution in [0.3, 0.4) is 0 Å². The first-order valence-corrected chi connectivity index (χ1v) is 9.41. The SMILES string of the molecule is OCCC1c2ccc(O)cc2C2CCCCC2C1c1ccc(O)cc1. The number of fused-ring (bicyclic) bond motifs is 3. The highest BCUT2D eigenvalue weighted by molar-refractivity contribution is 5.46. The Hall–Kier alpha value is -2.00. The molecule has 3 N–H and O–H groups in total. The van der Waals surface area contributed by atoms with Crippen molar-refractivity contribution in [3.63, 3.8) is 0 Å². The molecule has 0 amide bonds. The molecule has 2 aliphatic rings. The van der Waals surface area contributed by atoms with Crippen LogP contribution in [-0.2, 0) is 0 Å². The summed E-state index contributed by atoms with van der Waals surface area (Å²) in [5, 5.41) is 29.4. The minimum absolute atomic E-state index is 0.164. The lowest BCUT2D eigenvalue weighted by molar-refractivity contribution is 0.191. The van der Waals surface area contributed by atoms with Gasteiger partial charge in [-0.15, -0.1) is 0 Å². The average Bonchev–Trinajstić information content (AvgIpc) is 2.63. The van der Waals surface area contributed by atoms with Crippen molar-refractivity contribution >= 4 is 0 Å². The number of benzene rings is 2. The van der Waals surface area contributed by atoms with Gasteiger partial charge >= 0.3 is 0 Å². The standard InChI is InChI=1S/C22H26O3/c23-12-11-20-18-10-9-16(25)13-21(18)17-3-1-2-4-19(17)22(20)14-5-7-15(24)8-6-14/h5-10,13,17,19-20,22-25H,1-4,11-12H2. The Balaban J connectivity index is 1.85. The maximum Gasteiger partial charge on any atom is 0.115 e. The molecule has 4 rings (SSSR count). The maximum absolute atomic E-state index is 10.0. The summed E-state index contributed by atoms with van der Waals surface area (Å²) < 4.78 is 0. The Kier molecular flexibility index (Phi) is 4.43. The number of phenols is 2. The quantitative estimate of drug-likeness (QED) is 0.764. The van der Waals surface area contributed by atoms with Crippen LogP contribution in [0.25, 0.3) is 0 Å². The van der Waals surface area contributed by atoms with Gasteiger partial charge in [0.25, 0.3) is 0 Å². The van der Waals surface area contributed by atoms with Crippen LogP contribution in [0.2, 0.25) is 0 Å². The third-order valence-corrected chi connectivity index (χ3v) is 6.30. The molecule has 0 aromatic heterocycles. The largest absolute Gasteiger partial charge is 0.508 e. The van der Waals surface area contributed by atoms with Crippen molar-refractivity contribution in [2.24, 2.45) is 5.92 Å². The predicted molar refractivity (Wildman–Crippen MR) is 98.1 cm³/mol. The van der Waals surface area contributed by atoms with E-state index in [-0.39, 0.29) is 12.5 Å². The Bertz CT molecular complexity index is 737. The number of hydrogen-bond donors (Lipinski definition) is 3. The van der Waals surface area contributed by atoms with Crippen LogP contribution >= 0.6 is 0 Å². The molecule has 0 radical (unpaired) electrons. The molecular formula is C22H26O3. The molecule has 3 heteroatoms. The molecule has 3 nitrogen and oxygen atoms in total. The zero-order valence-electron chi connectivity index (χ0n) is 14.4. The Morgan fingerprint density at radius 2 is 1.56 bits per heavy atom. The highest BCUT2D eigenvalue weighted by Gasteiger charge is 2.43. The maximum atomic E-state index is 10.0. The van der Waals surface area contributed by atoms with Gasteiger partial charge in [0.2, 0.25) is 0 Å². The van der Waals surface area contributed by atoms with E-state index in [0.717, 1.165) is 6.42 Å². The molecule has 0 spiro atoms. The first-order chi connectivity index (χ1) is 12.2. The van der Waals surface area contributed by atoms with Crippen molar-refractivity contribution in [1.82, 2.24) is 0 Å². The Labute approximate surface area is 149 Å². The minimum atomic E-state index is 0.164. The van der Waals surface area contributed by atoms with Crippen molar-refractivity contribution in [3.05, 3.63) is 59.2 Å². The molecule has 4 unspecified atom stereocenters. The van der Waals surface area contributed by atoms with E-state index < -0.39 is 0 Å². The topological polar surface area (TPSA) is 60.7 Å². The summed E-state index contributed by atoms with van der Waals surface area (Å²) in [7, 11) is 0. The van der Waals surface area contributed by atoms with Crippen LogP contribution in [0.1, 0.15) is 66.5 Å². The highest BCUT2D eigenvalue weighted by Crippen LogP contribution is 2.57. The zero-order valence-corrected chi connectivity index (χ0v) is 14.4. The van der Waals surface area contributed by atoms with Crippen LogP contribution in [0.15, 0.2) is 42.5 Å². The summed E-state index contributed by atoms with van der Waals surface area (Å²) in [6, 6.07) is 13.4. The second kappa shape index (κ2) is 6.72. The minimum Gasteiger partial charge on any atom is -0.508 e. The summed E-state index contributed by atoms with van der Waals surface area (Å²) >= 11 is 0. The molecular weight excluding hydrogens is 312 g/mol. The molecule has 132 valence electrons. The van der Waals surface area contributed by atoms with Crippen molar-refractivity contribution in [2.45, 2.75) is 49.9 Å². The molecule has 0 heterocycles. The smallest absolute Gasteiger partial charge is 0.115 e. The second-order valence-electron chi connectivity index (χ2n) is 7.60. The number of aliphatic hydroxyl groups is 1. The van der Waals surface area contributed by atoms with Gasteiger partial charge in [-0.2, -0.15) is 0 Å². The van der Waals surface area contributed by atoms with E-state index in [1.807, 2.05) is 18.2 Å². The monoisotopic (exact) mass is 338 g/mol. The van der Waals surface area contributed by atoms with Gasteiger partial charge in [0.1, 0.15) is 11.5 Å². The average molecular weight is 338 g/mol. The predicted octanol–water partition coefficient (Wildman–Crippen LogP) is 4.64. The number of rotatable bonds is 3. The summed E-state index contributed by atoms with van der Waals surface area (Å²) in [4.78, 5) is 0. The number of hydrogen-bond acceptors (Lipinski definition) is 3. The highest BCUT2D eigenvalue weighted by atomic mass is 16.3. The number of aromatic hydroxyl groups is 2. The molecule has 2 aromatic carbocycles. The van der Waals surface area contributed by atoms with E-state index in [9.17, 15) is 15.3 Å². The summed E-state index contributed by atoms with van der Waals surface area (Å²) in [5.74, 6) is 2.26. The molecule has 25 heavy (non-hydrogen) atoms. The van der Waals surface area contributed by atoms with Gasteiger partial charge < -0.3 is 15.3 Å². The fraction of sp³-hybridized carbons (Fsp3) is 0.455.